The molecule has 0 saturated heterocycles. The van der Waals surface area contributed by atoms with Gasteiger partial charge in [0.05, 0.1) is 7.05 Å². The van der Waals surface area contributed by atoms with Crippen molar-refractivity contribution in [3.63, 3.8) is 0 Å². The number of halogens is 1. The number of nitrogens with zero attached hydrogens (tertiary/aromatic N) is 2. The molecule has 0 bridgehead atoms. The van der Waals surface area contributed by atoms with Crippen LogP contribution >= 0.6 is 0 Å². The van der Waals surface area contributed by atoms with Crippen LogP contribution in [-0.2, 0) is 11.8 Å². The first-order chi connectivity index (χ1) is 5.24. The van der Waals surface area contributed by atoms with E-state index in [1.807, 2.05) is 48.8 Å². The van der Waals surface area contributed by atoms with E-state index >= 15 is 0 Å². The minimum absolute atomic E-state index is 0. The highest BCUT2D eigenvalue weighted by Gasteiger charge is 2.08. The van der Waals surface area contributed by atoms with Gasteiger partial charge in [0.1, 0.15) is 12.4 Å². The summed E-state index contributed by atoms with van der Waals surface area (Å²) in [5.74, 6) is 0. The molecule has 1 heterocycles. The zero-order chi connectivity index (χ0) is 8.27. The largest absolute Gasteiger partial charge is 1.00 e. The molecule has 12 heavy (non-hydrogen) atoms. The van der Waals surface area contributed by atoms with E-state index in [-0.39, 0.29) is 23.2 Å². The second kappa shape index (κ2) is 5.32. The number of ether oxygens (including phenoxy) is 1. The summed E-state index contributed by atoms with van der Waals surface area (Å²) in [5, 5.41) is 0. The lowest BCUT2D eigenvalue weighted by atomic mass is 10.6. The van der Waals surface area contributed by atoms with Gasteiger partial charge in [0.25, 0.3) is 0 Å². The molecule has 1 atom stereocenters. The first kappa shape index (κ1) is 11.6. The predicted molar refractivity (Wildman–Crippen MR) is 41.9 cm³/mol. The number of rotatable bonds is 3. The van der Waals surface area contributed by atoms with Gasteiger partial charge in [0.2, 0.25) is 6.33 Å². The first-order valence-electron chi connectivity index (χ1n) is 3.88. The molecule has 3 nitrogen and oxygen atoms in total. The molecule has 0 radical (unpaired) electrons. The predicted octanol–water partition coefficient (Wildman–Crippen LogP) is -2.13. The van der Waals surface area contributed by atoms with Crippen LogP contribution in [0.2, 0.25) is 0 Å². The van der Waals surface area contributed by atoms with Gasteiger partial charge in [-0.25, -0.2) is 9.13 Å². The normalized spacial score (nSPS) is 12.2. The molecule has 1 rings (SSSR count). The molecule has 0 amide bonds. The highest BCUT2D eigenvalue weighted by Crippen LogP contribution is 2.03. The van der Waals surface area contributed by atoms with Crippen molar-refractivity contribution in [2.45, 2.75) is 20.1 Å². The first-order valence-corrected chi connectivity index (χ1v) is 3.88. The third kappa shape index (κ3) is 2.95. The Hall–Kier alpha value is -0.350. The van der Waals surface area contributed by atoms with E-state index in [0.717, 1.165) is 6.61 Å². The van der Waals surface area contributed by atoms with E-state index < -0.39 is 0 Å². The van der Waals surface area contributed by atoms with Gasteiger partial charge in [0, 0.05) is 13.5 Å². The lowest BCUT2D eigenvalue weighted by Crippen LogP contribution is -3.00. The molecule has 1 aromatic rings. The molecule has 0 aliphatic carbocycles. The van der Waals surface area contributed by atoms with Gasteiger partial charge < -0.3 is 21.7 Å². The summed E-state index contributed by atoms with van der Waals surface area (Å²) in [4.78, 5) is 0. The van der Waals surface area contributed by atoms with E-state index in [1.165, 1.54) is 0 Å². The lowest BCUT2D eigenvalue weighted by molar-refractivity contribution is -0.671. The van der Waals surface area contributed by atoms with Crippen molar-refractivity contribution >= 4 is 0 Å². The standard InChI is InChI=1S/C8H15N2O.BrH/c1-4-11-8(2)10-6-5-9(3)7-10;/h5-8H,4H2,1-3H3;1H/q+1;/p-1. The summed E-state index contributed by atoms with van der Waals surface area (Å²) in [6, 6.07) is 0. The maximum Gasteiger partial charge on any atom is 0.245 e. The molecule has 0 N–H and O–H groups in total. The summed E-state index contributed by atoms with van der Waals surface area (Å²) in [5.41, 5.74) is 0. The SMILES string of the molecule is CCOC(C)n1cc[n+](C)c1.[Br-]. The van der Waals surface area contributed by atoms with Crippen LogP contribution in [-0.4, -0.2) is 11.2 Å². The van der Waals surface area contributed by atoms with Crippen molar-refractivity contribution in [1.82, 2.24) is 4.57 Å². The van der Waals surface area contributed by atoms with Crippen LogP contribution in [0.25, 0.3) is 0 Å². The Morgan fingerprint density at radius 1 is 1.58 bits per heavy atom. The maximum absolute atomic E-state index is 5.39. The van der Waals surface area contributed by atoms with E-state index in [9.17, 15) is 0 Å². The smallest absolute Gasteiger partial charge is 0.245 e. The lowest BCUT2D eigenvalue weighted by Gasteiger charge is -2.06. The molecular weight excluding hydrogens is 220 g/mol. The summed E-state index contributed by atoms with van der Waals surface area (Å²) in [6.45, 7) is 4.78. The third-order valence-electron chi connectivity index (χ3n) is 1.62. The highest BCUT2D eigenvalue weighted by atomic mass is 79.9. The summed E-state index contributed by atoms with van der Waals surface area (Å²) >= 11 is 0. The minimum Gasteiger partial charge on any atom is -1.00 e. The Bertz CT molecular complexity index is 225. The van der Waals surface area contributed by atoms with Crippen molar-refractivity contribution < 1.29 is 26.3 Å². The molecule has 0 fully saturated rings. The van der Waals surface area contributed by atoms with Crippen LogP contribution in [0.4, 0.5) is 0 Å². The van der Waals surface area contributed by atoms with Gasteiger partial charge in [-0.15, -0.1) is 0 Å². The fraction of sp³-hybridized carbons (Fsp3) is 0.625. The van der Waals surface area contributed by atoms with Gasteiger partial charge in [-0.2, -0.15) is 0 Å². The van der Waals surface area contributed by atoms with Gasteiger partial charge >= 0.3 is 0 Å². The summed E-state index contributed by atoms with van der Waals surface area (Å²) in [6.07, 6.45) is 6.14. The van der Waals surface area contributed by atoms with Crippen molar-refractivity contribution in [2.24, 2.45) is 7.05 Å². The second-order valence-electron chi connectivity index (χ2n) is 2.58. The van der Waals surface area contributed by atoms with Gasteiger partial charge in [-0.1, -0.05) is 0 Å². The van der Waals surface area contributed by atoms with Crippen molar-refractivity contribution in [2.75, 3.05) is 6.61 Å². The van der Waals surface area contributed by atoms with Crippen LogP contribution in [0.5, 0.6) is 0 Å². The van der Waals surface area contributed by atoms with Gasteiger partial charge in [0.15, 0.2) is 6.23 Å². The molecule has 70 valence electrons. The van der Waals surface area contributed by atoms with Crippen LogP contribution in [0.15, 0.2) is 18.7 Å². The number of hydrogen-bond donors (Lipinski definition) is 0. The molecule has 1 aromatic heterocycles. The third-order valence-corrected chi connectivity index (χ3v) is 1.62. The molecule has 1 unspecified atom stereocenters. The average Bonchev–Trinajstić information content (AvgIpc) is 2.36. The van der Waals surface area contributed by atoms with E-state index in [1.54, 1.807) is 0 Å². The molecule has 0 saturated carbocycles. The Morgan fingerprint density at radius 3 is 2.67 bits per heavy atom. The minimum atomic E-state index is 0. The molecule has 0 aliphatic rings. The van der Waals surface area contributed by atoms with Gasteiger partial charge in [-0.3, -0.25) is 0 Å². The summed E-state index contributed by atoms with van der Waals surface area (Å²) in [7, 11) is 2.00. The second-order valence-corrected chi connectivity index (χ2v) is 2.58. The quantitative estimate of drug-likeness (QED) is 0.547. The number of hydrogen-bond acceptors (Lipinski definition) is 1. The molecular formula is C8H15BrN2O. The monoisotopic (exact) mass is 234 g/mol. The molecule has 4 heteroatoms. The van der Waals surface area contributed by atoms with Crippen LogP contribution in [0, 0.1) is 0 Å². The Kier molecular flexibility index (Phi) is 5.17. The maximum atomic E-state index is 5.39. The fourth-order valence-corrected chi connectivity index (χ4v) is 1.01. The number of aryl methyl sites for hydroxylation is 1. The van der Waals surface area contributed by atoms with E-state index in [2.05, 4.69) is 0 Å². The van der Waals surface area contributed by atoms with Crippen molar-refractivity contribution in [3.8, 4) is 0 Å². The number of imidazole rings is 1. The zero-order valence-electron chi connectivity index (χ0n) is 7.70. The fourth-order valence-electron chi connectivity index (χ4n) is 1.01. The Morgan fingerprint density at radius 2 is 2.25 bits per heavy atom. The zero-order valence-corrected chi connectivity index (χ0v) is 9.28. The summed E-state index contributed by atoms with van der Waals surface area (Å²) < 4.78 is 9.42. The Labute approximate surface area is 83.7 Å². The highest BCUT2D eigenvalue weighted by molar-refractivity contribution is 4.67. The van der Waals surface area contributed by atoms with Crippen LogP contribution in [0.1, 0.15) is 20.1 Å². The van der Waals surface area contributed by atoms with Crippen molar-refractivity contribution in [1.29, 1.82) is 0 Å². The molecule has 0 aromatic carbocycles. The van der Waals surface area contributed by atoms with E-state index in [0.29, 0.717) is 0 Å². The Balaban J connectivity index is 0.00000121. The van der Waals surface area contributed by atoms with E-state index in [4.69, 9.17) is 4.74 Å². The van der Waals surface area contributed by atoms with Crippen LogP contribution < -0.4 is 21.5 Å². The molecule has 0 aliphatic heterocycles. The topological polar surface area (TPSA) is 18.0 Å². The van der Waals surface area contributed by atoms with Gasteiger partial charge in [-0.05, 0) is 6.92 Å². The molecule has 0 spiro atoms. The van der Waals surface area contributed by atoms with Crippen molar-refractivity contribution in [3.05, 3.63) is 18.7 Å². The van der Waals surface area contributed by atoms with Crippen LogP contribution in [0.3, 0.4) is 0 Å². The average molecular weight is 235 g/mol. The number of aromatic nitrogens is 2.